The largest absolute Gasteiger partial charge is 0.493 e. The quantitative estimate of drug-likeness (QED) is 0.535. The van der Waals surface area contributed by atoms with Crippen LogP contribution in [-0.2, 0) is 14.3 Å². The fraction of sp³-hybridized carbons (Fsp3) is 0.353. The number of hydrogen-bond donors (Lipinski definition) is 0. The Hall–Kier alpha value is -2.19. The van der Waals surface area contributed by atoms with E-state index in [0.29, 0.717) is 22.1 Å². The van der Waals surface area contributed by atoms with Crippen LogP contribution >= 0.6 is 23.4 Å². The van der Waals surface area contributed by atoms with Gasteiger partial charge in [0.05, 0.1) is 30.3 Å². The molecule has 2 rings (SSSR count). The molecule has 1 fully saturated rings. The molecule has 1 aliphatic rings. The number of halogens is 1. The number of carbonyl (C=O) groups excluding carboxylic acids is 3. The molecule has 0 saturated carbocycles. The number of ether oxygens (including phenoxy) is 3. The van der Waals surface area contributed by atoms with Crippen molar-refractivity contribution in [2.45, 2.75) is 20.0 Å². The maximum Gasteiger partial charge on any atom is 0.326 e. The fourth-order valence-corrected chi connectivity index (χ4v) is 3.22. The first-order valence-electron chi connectivity index (χ1n) is 7.63. The Balaban J connectivity index is 2.26. The van der Waals surface area contributed by atoms with E-state index in [1.807, 2.05) is 0 Å². The number of imide groups is 1. The molecule has 7 nitrogen and oxygen atoms in total. The van der Waals surface area contributed by atoms with E-state index in [2.05, 4.69) is 0 Å². The summed E-state index contributed by atoms with van der Waals surface area (Å²) in [6.07, 6.45) is 1.15. The molecule has 0 N–H and O–H groups in total. The van der Waals surface area contributed by atoms with Crippen LogP contribution in [0.15, 0.2) is 17.0 Å². The third-order valence-electron chi connectivity index (χ3n) is 3.32. The molecule has 0 unspecified atom stereocenters. The van der Waals surface area contributed by atoms with E-state index >= 15 is 0 Å². The normalized spacial score (nSPS) is 15.8. The molecule has 1 aromatic carbocycles. The summed E-state index contributed by atoms with van der Waals surface area (Å²) in [6, 6.07) is 3.15. The molecule has 0 aromatic heterocycles. The minimum absolute atomic E-state index is 0.154. The van der Waals surface area contributed by atoms with Gasteiger partial charge in [0.25, 0.3) is 11.1 Å². The van der Waals surface area contributed by atoms with Crippen LogP contribution in [0.5, 0.6) is 11.5 Å². The van der Waals surface area contributed by atoms with Gasteiger partial charge in [0.1, 0.15) is 6.54 Å². The summed E-state index contributed by atoms with van der Waals surface area (Å²) in [5, 5.41) is -0.216. The van der Waals surface area contributed by atoms with Crippen molar-refractivity contribution in [2.75, 3.05) is 20.8 Å². The number of rotatable bonds is 6. The molecule has 1 saturated heterocycles. The highest BCUT2D eigenvalue weighted by molar-refractivity contribution is 8.18. The van der Waals surface area contributed by atoms with Crippen molar-refractivity contribution in [3.63, 3.8) is 0 Å². The average molecular weight is 400 g/mol. The molecule has 26 heavy (non-hydrogen) atoms. The van der Waals surface area contributed by atoms with Crippen molar-refractivity contribution in [1.82, 2.24) is 4.90 Å². The van der Waals surface area contributed by atoms with Crippen LogP contribution in [0.25, 0.3) is 6.08 Å². The van der Waals surface area contributed by atoms with Gasteiger partial charge in [-0.2, -0.15) is 0 Å². The van der Waals surface area contributed by atoms with Gasteiger partial charge in [-0.15, -0.1) is 0 Å². The zero-order chi connectivity index (χ0) is 19.4. The Morgan fingerprint density at radius 2 is 1.85 bits per heavy atom. The van der Waals surface area contributed by atoms with Gasteiger partial charge in [-0.3, -0.25) is 19.3 Å². The number of benzene rings is 1. The van der Waals surface area contributed by atoms with Gasteiger partial charge in [0.2, 0.25) is 0 Å². The summed E-state index contributed by atoms with van der Waals surface area (Å²) in [6.45, 7) is 2.94. The zero-order valence-corrected chi connectivity index (χ0v) is 16.3. The van der Waals surface area contributed by atoms with Gasteiger partial charge in [-0.1, -0.05) is 11.6 Å². The first-order valence-corrected chi connectivity index (χ1v) is 8.82. The highest BCUT2D eigenvalue weighted by Crippen LogP contribution is 2.37. The van der Waals surface area contributed by atoms with Crippen LogP contribution in [0, 0.1) is 0 Å². The number of amides is 2. The van der Waals surface area contributed by atoms with Crippen LogP contribution in [-0.4, -0.2) is 48.9 Å². The number of methoxy groups -OCH3 is 2. The van der Waals surface area contributed by atoms with Crippen molar-refractivity contribution in [3.05, 3.63) is 27.6 Å². The Morgan fingerprint density at radius 3 is 2.42 bits per heavy atom. The van der Waals surface area contributed by atoms with Crippen molar-refractivity contribution in [2.24, 2.45) is 0 Å². The second-order valence-electron chi connectivity index (χ2n) is 5.54. The minimum Gasteiger partial charge on any atom is -0.493 e. The molecule has 1 aromatic rings. The Morgan fingerprint density at radius 1 is 1.23 bits per heavy atom. The highest BCUT2D eigenvalue weighted by atomic mass is 35.5. The van der Waals surface area contributed by atoms with Crippen molar-refractivity contribution >= 4 is 46.6 Å². The van der Waals surface area contributed by atoms with E-state index in [9.17, 15) is 14.4 Å². The van der Waals surface area contributed by atoms with Gasteiger partial charge in [-0.25, -0.2) is 0 Å². The minimum atomic E-state index is -0.646. The molecular weight excluding hydrogens is 382 g/mol. The van der Waals surface area contributed by atoms with E-state index in [1.165, 1.54) is 20.3 Å². The molecule has 1 aliphatic heterocycles. The smallest absolute Gasteiger partial charge is 0.326 e. The standard InChI is InChI=1S/C17H18ClNO6S/c1-9(2)25-15(20)8-19-16(21)14(26-17(19)22)6-10-5-12(23-3)13(24-4)7-11(10)18/h5-7,9H,8H2,1-4H3/b14-6-. The van der Waals surface area contributed by atoms with Crippen molar-refractivity contribution in [1.29, 1.82) is 0 Å². The molecule has 1 heterocycles. The van der Waals surface area contributed by atoms with Crippen LogP contribution in [0.2, 0.25) is 5.02 Å². The highest BCUT2D eigenvalue weighted by Gasteiger charge is 2.37. The summed E-state index contributed by atoms with van der Waals surface area (Å²) in [5.41, 5.74) is 0.486. The van der Waals surface area contributed by atoms with E-state index < -0.39 is 23.7 Å². The summed E-state index contributed by atoms with van der Waals surface area (Å²) < 4.78 is 15.3. The number of nitrogens with zero attached hydrogens (tertiary/aromatic N) is 1. The third kappa shape index (κ3) is 4.50. The second-order valence-corrected chi connectivity index (χ2v) is 6.94. The molecule has 0 radical (unpaired) electrons. The van der Waals surface area contributed by atoms with Crippen LogP contribution in [0.1, 0.15) is 19.4 Å². The lowest BCUT2D eigenvalue weighted by Gasteiger charge is -2.13. The van der Waals surface area contributed by atoms with Gasteiger partial charge in [-0.05, 0) is 43.3 Å². The molecule has 140 valence electrons. The summed E-state index contributed by atoms with van der Waals surface area (Å²) >= 11 is 6.93. The van der Waals surface area contributed by atoms with E-state index in [4.69, 9.17) is 25.8 Å². The zero-order valence-electron chi connectivity index (χ0n) is 14.7. The Kier molecular flexibility index (Phi) is 6.55. The summed E-state index contributed by atoms with van der Waals surface area (Å²) in [4.78, 5) is 37.2. The number of thioether (sulfide) groups is 1. The predicted molar refractivity (Wildman–Crippen MR) is 98.5 cm³/mol. The first kappa shape index (κ1) is 20.1. The molecular formula is C17H18ClNO6S. The molecule has 0 spiro atoms. The Bertz CT molecular complexity index is 777. The lowest BCUT2D eigenvalue weighted by molar-refractivity contribution is -0.149. The molecule has 0 aliphatic carbocycles. The van der Waals surface area contributed by atoms with Gasteiger partial charge < -0.3 is 14.2 Å². The maximum atomic E-state index is 12.4. The number of esters is 1. The van der Waals surface area contributed by atoms with E-state index in [0.717, 1.165) is 16.7 Å². The van der Waals surface area contributed by atoms with E-state index in [1.54, 1.807) is 26.0 Å². The average Bonchev–Trinajstić information content (AvgIpc) is 2.83. The Labute approximate surface area is 160 Å². The van der Waals surface area contributed by atoms with Crippen molar-refractivity contribution in [3.8, 4) is 11.5 Å². The molecule has 9 heteroatoms. The SMILES string of the molecule is COc1cc(Cl)c(/C=C2\SC(=O)N(CC(=O)OC(C)C)C2=O)cc1OC. The van der Waals surface area contributed by atoms with Gasteiger partial charge in [0.15, 0.2) is 11.5 Å². The third-order valence-corrected chi connectivity index (χ3v) is 4.55. The van der Waals surface area contributed by atoms with Gasteiger partial charge >= 0.3 is 5.97 Å². The topological polar surface area (TPSA) is 82.1 Å². The van der Waals surface area contributed by atoms with Crippen LogP contribution in [0.4, 0.5) is 4.79 Å². The molecule has 0 atom stereocenters. The monoisotopic (exact) mass is 399 g/mol. The first-order chi connectivity index (χ1) is 12.3. The van der Waals surface area contributed by atoms with Crippen molar-refractivity contribution < 1.29 is 28.6 Å². The van der Waals surface area contributed by atoms with Crippen LogP contribution < -0.4 is 9.47 Å². The van der Waals surface area contributed by atoms with Gasteiger partial charge in [0, 0.05) is 6.07 Å². The maximum absolute atomic E-state index is 12.4. The lowest BCUT2D eigenvalue weighted by atomic mass is 10.1. The number of carbonyl (C=O) groups is 3. The van der Waals surface area contributed by atoms with E-state index in [-0.39, 0.29) is 11.0 Å². The molecule has 2 amide bonds. The second kappa shape index (κ2) is 8.46. The summed E-state index contributed by atoms with van der Waals surface area (Å²) in [5.74, 6) is -0.346. The summed E-state index contributed by atoms with van der Waals surface area (Å²) in [7, 11) is 2.96. The lowest BCUT2D eigenvalue weighted by Crippen LogP contribution is -2.35. The molecule has 0 bridgehead atoms. The predicted octanol–water partition coefficient (Wildman–Crippen LogP) is 3.35. The number of hydrogen-bond acceptors (Lipinski definition) is 7. The van der Waals surface area contributed by atoms with Crippen LogP contribution in [0.3, 0.4) is 0 Å². The fourth-order valence-electron chi connectivity index (χ4n) is 2.19.